The molecule has 0 fully saturated rings. The Labute approximate surface area is 140 Å². The summed E-state index contributed by atoms with van der Waals surface area (Å²) in [5.41, 5.74) is 1.74. The summed E-state index contributed by atoms with van der Waals surface area (Å²) in [7, 11) is 0. The summed E-state index contributed by atoms with van der Waals surface area (Å²) < 4.78 is 43.7. The number of alkyl halides is 3. The Balaban J connectivity index is 1.71. The van der Waals surface area contributed by atoms with Crippen molar-refractivity contribution in [2.75, 3.05) is 0 Å². The van der Waals surface area contributed by atoms with Crippen LogP contribution in [-0.4, -0.2) is 10.2 Å². The van der Waals surface area contributed by atoms with Crippen LogP contribution in [0.15, 0.2) is 58.2 Å². The maximum atomic E-state index is 12.7. The maximum absolute atomic E-state index is 12.7. The quantitative estimate of drug-likeness (QED) is 0.594. The number of halogens is 3. The van der Waals surface area contributed by atoms with E-state index in [-0.39, 0.29) is 0 Å². The van der Waals surface area contributed by atoms with E-state index in [2.05, 4.69) is 10.2 Å². The number of hydrogen-bond acceptors (Lipinski definition) is 4. The Morgan fingerprint density at radius 3 is 2.58 bits per heavy atom. The number of nitrogens with zero attached hydrogens (tertiary/aromatic N) is 2. The number of aromatic nitrogens is 2. The average molecular weight is 350 g/mol. The summed E-state index contributed by atoms with van der Waals surface area (Å²) in [5, 5.41) is 8.27. The van der Waals surface area contributed by atoms with Gasteiger partial charge in [0.25, 0.3) is 5.22 Å². The lowest BCUT2D eigenvalue weighted by molar-refractivity contribution is -0.137. The number of benzene rings is 2. The highest BCUT2D eigenvalue weighted by atomic mass is 32.2. The van der Waals surface area contributed by atoms with Gasteiger partial charge in [0.2, 0.25) is 5.89 Å². The molecule has 0 amide bonds. The Morgan fingerprint density at radius 2 is 1.83 bits per heavy atom. The molecular formula is C17H13F3N2OS. The summed E-state index contributed by atoms with van der Waals surface area (Å²) in [6.07, 6.45) is -4.34. The van der Waals surface area contributed by atoms with Gasteiger partial charge in [0, 0.05) is 11.3 Å². The van der Waals surface area contributed by atoms with Crippen molar-refractivity contribution in [3.8, 4) is 11.5 Å². The van der Waals surface area contributed by atoms with Gasteiger partial charge in [0.05, 0.1) is 5.56 Å². The van der Waals surface area contributed by atoms with E-state index in [0.717, 1.165) is 23.3 Å². The van der Waals surface area contributed by atoms with Crippen LogP contribution < -0.4 is 0 Å². The number of thioether (sulfide) groups is 1. The first kappa shape index (κ1) is 16.6. The molecule has 0 radical (unpaired) electrons. The van der Waals surface area contributed by atoms with Gasteiger partial charge in [0.1, 0.15) is 0 Å². The second kappa shape index (κ2) is 6.68. The molecule has 0 unspecified atom stereocenters. The molecule has 1 aromatic heterocycles. The first-order chi connectivity index (χ1) is 11.4. The minimum Gasteiger partial charge on any atom is -0.411 e. The monoisotopic (exact) mass is 350 g/mol. The third kappa shape index (κ3) is 3.79. The lowest BCUT2D eigenvalue weighted by Crippen LogP contribution is -2.04. The second-order valence-electron chi connectivity index (χ2n) is 5.17. The van der Waals surface area contributed by atoms with E-state index in [0.29, 0.717) is 22.4 Å². The standard InChI is InChI=1S/C17H13F3N2OS/c1-11-5-2-3-8-14(11)15-21-22-16(23-15)24-10-12-6-4-7-13(9-12)17(18,19)20/h2-9H,10H2,1H3. The van der Waals surface area contributed by atoms with E-state index >= 15 is 0 Å². The Bertz CT molecular complexity index is 846. The number of hydrogen-bond donors (Lipinski definition) is 0. The molecule has 0 aliphatic heterocycles. The third-order valence-electron chi connectivity index (χ3n) is 3.40. The van der Waals surface area contributed by atoms with Gasteiger partial charge >= 0.3 is 6.18 Å². The van der Waals surface area contributed by atoms with Gasteiger partial charge in [-0.25, -0.2) is 0 Å². The minimum absolute atomic E-state index is 0.319. The van der Waals surface area contributed by atoms with Crippen LogP contribution in [0.4, 0.5) is 13.2 Å². The van der Waals surface area contributed by atoms with Gasteiger partial charge in [-0.3, -0.25) is 0 Å². The average Bonchev–Trinajstić information content (AvgIpc) is 3.02. The van der Waals surface area contributed by atoms with E-state index < -0.39 is 11.7 Å². The highest BCUT2D eigenvalue weighted by Gasteiger charge is 2.30. The van der Waals surface area contributed by atoms with Crippen LogP contribution in [0.1, 0.15) is 16.7 Å². The second-order valence-corrected chi connectivity index (χ2v) is 6.10. The van der Waals surface area contributed by atoms with Crippen LogP contribution in [0, 0.1) is 6.92 Å². The van der Waals surface area contributed by atoms with Crippen LogP contribution in [0.2, 0.25) is 0 Å². The molecule has 0 aliphatic rings. The van der Waals surface area contributed by atoms with Crippen molar-refractivity contribution >= 4 is 11.8 Å². The summed E-state index contributed by atoms with van der Waals surface area (Å²) in [4.78, 5) is 0. The Kier molecular flexibility index (Phi) is 4.62. The van der Waals surface area contributed by atoms with Crippen molar-refractivity contribution in [1.29, 1.82) is 0 Å². The predicted molar refractivity (Wildman–Crippen MR) is 85.5 cm³/mol. The van der Waals surface area contributed by atoms with Crippen molar-refractivity contribution in [2.24, 2.45) is 0 Å². The molecule has 24 heavy (non-hydrogen) atoms. The predicted octanol–water partition coefficient (Wildman–Crippen LogP) is 5.36. The molecule has 0 bridgehead atoms. The van der Waals surface area contributed by atoms with E-state index in [4.69, 9.17) is 4.42 Å². The highest BCUT2D eigenvalue weighted by molar-refractivity contribution is 7.98. The van der Waals surface area contributed by atoms with Crippen LogP contribution >= 0.6 is 11.8 Å². The SMILES string of the molecule is Cc1ccccc1-c1nnc(SCc2cccc(C(F)(F)F)c2)o1. The van der Waals surface area contributed by atoms with Crippen LogP contribution in [0.25, 0.3) is 11.5 Å². The molecule has 0 saturated heterocycles. The number of aryl methyl sites for hydroxylation is 1. The van der Waals surface area contributed by atoms with Crippen LogP contribution in [-0.2, 0) is 11.9 Å². The first-order valence-corrected chi connectivity index (χ1v) is 8.10. The van der Waals surface area contributed by atoms with Gasteiger partial charge in [-0.15, -0.1) is 10.2 Å². The van der Waals surface area contributed by atoms with Crippen molar-refractivity contribution < 1.29 is 17.6 Å². The van der Waals surface area contributed by atoms with E-state index in [1.165, 1.54) is 17.8 Å². The molecule has 0 saturated carbocycles. The first-order valence-electron chi connectivity index (χ1n) is 7.12. The van der Waals surface area contributed by atoms with Crippen LogP contribution in [0.3, 0.4) is 0 Å². The van der Waals surface area contributed by atoms with Crippen molar-refractivity contribution in [3.05, 3.63) is 65.2 Å². The molecule has 0 atom stereocenters. The lowest BCUT2D eigenvalue weighted by atomic mass is 10.1. The Morgan fingerprint density at radius 1 is 1.04 bits per heavy atom. The fourth-order valence-electron chi connectivity index (χ4n) is 2.17. The summed E-state index contributed by atoms with van der Waals surface area (Å²) in [6, 6.07) is 12.8. The normalized spacial score (nSPS) is 11.7. The van der Waals surface area contributed by atoms with Gasteiger partial charge < -0.3 is 4.42 Å². The zero-order chi connectivity index (χ0) is 17.2. The molecule has 3 rings (SSSR count). The van der Waals surface area contributed by atoms with Gasteiger partial charge in [-0.2, -0.15) is 13.2 Å². The third-order valence-corrected chi connectivity index (χ3v) is 4.29. The summed E-state index contributed by atoms with van der Waals surface area (Å²) in [5.74, 6) is 0.721. The van der Waals surface area contributed by atoms with Crippen molar-refractivity contribution in [2.45, 2.75) is 24.1 Å². The fourth-order valence-corrected chi connectivity index (χ4v) is 2.88. The summed E-state index contributed by atoms with van der Waals surface area (Å²) >= 11 is 1.21. The van der Waals surface area contributed by atoms with Crippen molar-refractivity contribution in [1.82, 2.24) is 10.2 Å². The zero-order valence-electron chi connectivity index (χ0n) is 12.7. The van der Waals surface area contributed by atoms with E-state index in [1.54, 1.807) is 6.07 Å². The highest BCUT2D eigenvalue weighted by Crippen LogP contribution is 2.31. The Hall–Kier alpha value is -2.28. The minimum atomic E-state index is -4.34. The summed E-state index contributed by atoms with van der Waals surface area (Å²) in [6.45, 7) is 1.94. The van der Waals surface area contributed by atoms with Gasteiger partial charge in [0.15, 0.2) is 0 Å². The molecule has 0 aliphatic carbocycles. The molecular weight excluding hydrogens is 337 g/mol. The molecule has 0 N–H and O–H groups in total. The lowest BCUT2D eigenvalue weighted by Gasteiger charge is -2.07. The molecule has 3 aromatic rings. The topological polar surface area (TPSA) is 38.9 Å². The van der Waals surface area contributed by atoms with Crippen LogP contribution in [0.5, 0.6) is 0 Å². The molecule has 124 valence electrons. The molecule has 1 heterocycles. The van der Waals surface area contributed by atoms with E-state index in [9.17, 15) is 13.2 Å². The maximum Gasteiger partial charge on any atom is 0.416 e. The van der Waals surface area contributed by atoms with Crippen molar-refractivity contribution in [3.63, 3.8) is 0 Å². The molecule has 3 nitrogen and oxygen atoms in total. The fraction of sp³-hybridized carbons (Fsp3) is 0.176. The smallest absolute Gasteiger partial charge is 0.411 e. The largest absolute Gasteiger partial charge is 0.416 e. The van der Waals surface area contributed by atoms with E-state index in [1.807, 2.05) is 31.2 Å². The molecule has 0 spiro atoms. The molecule has 7 heteroatoms. The molecule has 2 aromatic carbocycles. The number of rotatable bonds is 4. The zero-order valence-corrected chi connectivity index (χ0v) is 13.5. The van der Waals surface area contributed by atoms with Gasteiger partial charge in [-0.05, 0) is 30.2 Å². The van der Waals surface area contributed by atoms with Gasteiger partial charge in [-0.1, -0.05) is 48.2 Å².